The molecule has 26 heavy (non-hydrogen) atoms. The molecular weight excluding hydrogens is 334 g/mol. The van der Waals surface area contributed by atoms with Crippen LogP contribution in [0.1, 0.15) is 5.56 Å². The largest absolute Gasteiger partial charge is 0.477 e. The van der Waals surface area contributed by atoms with Crippen molar-refractivity contribution in [1.29, 1.82) is 0 Å². The van der Waals surface area contributed by atoms with E-state index in [9.17, 15) is 14.9 Å². The van der Waals surface area contributed by atoms with Crippen LogP contribution in [0.15, 0.2) is 71.8 Å². The first-order valence-corrected chi connectivity index (χ1v) is 7.80. The van der Waals surface area contributed by atoms with Crippen LogP contribution in [-0.2, 0) is 4.79 Å². The molecule has 0 aliphatic rings. The Morgan fingerprint density at radius 2 is 1.81 bits per heavy atom. The van der Waals surface area contributed by atoms with Gasteiger partial charge in [-0.3, -0.25) is 14.9 Å². The number of amides is 1. The minimum Gasteiger partial charge on any atom is -0.477 e. The van der Waals surface area contributed by atoms with E-state index in [0.29, 0.717) is 0 Å². The summed E-state index contributed by atoms with van der Waals surface area (Å²) in [5.41, 5.74) is 2.98. The van der Waals surface area contributed by atoms with Crippen molar-refractivity contribution >= 4 is 28.6 Å². The number of nitrogens with one attached hydrogen (secondary N) is 1. The molecule has 1 amide bonds. The summed E-state index contributed by atoms with van der Waals surface area (Å²) in [5.74, 6) is -0.480. The molecule has 3 rings (SSSR count). The molecular formula is C19H15N3O4. The number of rotatable bonds is 6. The number of hydrazone groups is 1. The van der Waals surface area contributed by atoms with Crippen LogP contribution in [0.4, 0.5) is 5.69 Å². The van der Waals surface area contributed by atoms with Crippen molar-refractivity contribution in [1.82, 2.24) is 5.43 Å². The molecule has 0 saturated carbocycles. The molecule has 7 heteroatoms. The second-order valence-corrected chi connectivity index (χ2v) is 5.41. The van der Waals surface area contributed by atoms with Crippen molar-refractivity contribution in [2.45, 2.75) is 0 Å². The number of nitro benzene ring substituents is 1. The second kappa shape index (κ2) is 7.89. The first kappa shape index (κ1) is 17.1. The Morgan fingerprint density at radius 1 is 1.08 bits per heavy atom. The Morgan fingerprint density at radius 3 is 2.62 bits per heavy atom. The summed E-state index contributed by atoms with van der Waals surface area (Å²) in [6.45, 7) is -0.375. The van der Waals surface area contributed by atoms with Gasteiger partial charge in [0.15, 0.2) is 12.4 Å². The Bertz CT molecular complexity index is 985. The Kier molecular flexibility index (Phi) is 5.19. The Balaban J connectivity index is 1.56. The van der Waals surface area contributed by atoms with Gasteiger partial charge in [0.2, 0.25) is 0 Å². The van der Waals surface area contributed by atoms with E-state index in [2.05, 4.69) is 10.5 Å². The van der Waals surface area contributed by atoms with E-state index >= 15 is 0 Å². The summed E-state index contributed by atoms with van der Waals surface area (Å²) in [5, 5.41) is 17.0. The van der Waals surface area contributed by atoms with Gasteiger partial charge in [0, 0.05) is 6.07 Å². The van der Waals surface area contributed by atoms with E-state index in [1.807, 2.05) is 42.5 Å². The van der Waals surface area contributed by atoms with Crippen molar-refractivity contribution in [2.75, 3.05) is 6.61 Å². The number of carbonyl (C=O) groups excluding carboxylic acids is 1. The first-order chi connectivity index (χ1) is 12.6. The molecule has 0 saturated heterocycles. The highest BCUT2D eigenvalue weighted by atomic mass is 16.6. The summed E-state index contributed by atoms with van der Waals surface area (Å²) in [6, 6.07) is 19.6. The number of carbonyl (C=O) groups is 1. The van der Waals surface area contributed by atoms with Crippen molar-refractivity contribution in [3.05, 3.63) is 82.4 Å². The van der Waals surface area contributed by atoms with Crippen molar-refractivity contribution in [3.8, 4) is 5.75 Å². The fourth-order valence-electron chi connectivity index (χ4n) is 2.37. The standard InChI is InChI=1S/C19H15N3O4/c23-19(13-26-18-8-4-3-7-17(18)22(24)25)21-20-12-14-9-10-15-5-1-2-6-16(15)11-14/h1-12H,13H2,(H,21,23). The Labute approximate surface area is 149 Å². The molecule has 0 radical (unpaired) electrons. The summed E-state index contributed by atoms with van der Waals surface area (Å²) in [7, 11) is 0. The normalized spacial score (nSPS) is 10.8. The molecule has 0 aliphatic carbocycles. The SMILES string of the molecule is O=C(COc1ccccc1[N+](=O)[O-])NN=Cc1ccc2ccccc2c1. The molecule has 0 fully saturated rings. The van der Waals surface area contributed by atoms with Gasteiger partial charge in [0.1, 0.15) is 0 Å². The van der Waals surface area contributed by atoms with Crippen LogP contribution in [0, 0.1) is 10.1 Å². The van der Waals surface area contributed by atoms with Gasteiger partial charge in [-0.05, 0) is 28.5 Å². The molecule has 0 spiro atoms. The van der Waals surface area contributed by atoms with Crippen LogP contribution in [0.5, 0.6) is 5.75 Å². The molecule has 0 aliphatic heterocycles. The van der Waals surface area contributed by atoms with Gasteiger partial charge < -0.3 is 4.74 Å². The van der Waals surface area contributed by atoms with Crippen LogP contribution >= 0.6 is 0 Å². The minimum atomic E-state index is -0.564. The van der Waals surface area contributed by atoms with Gasteiger partial charge in [-0.2, -0.15) is 5.10 Å². The number of hydrogen-bond acceptors (Lipinski definition) is 5. The van der Waals surface area contributed by atoms with E-state index in [4.69, 9.17) is 4.74 Å². The van der Waals surface area contributed by atoms with Gasteiger partial charge in [-0.15, -0.1) is 0 Å². The van der Waals surface area contributed by atoms with Gasteiger partial charge in [0.25, 0.3) is 5.91 Å². The number of nitro groups is 1. The lowest BCUT2D eigenvalue weighted by Gasteiger charge is -2.05. The van der Waals surface area contributed by atoms with E-state index in [1.165, 1.54) is 24.4 Å². The predicted molar refractivity (Wildman–Crippen MR) is 98.3 cm³/mol. The summed E-state index contributed by atoms with van der Waals surface area (Å²) < 4.78 is 5.19. The highest BCUT2D eigenvalue weighted by Crippen LogP contribution is 2.25. The topological polar surface area (TPSA) is 93.8 Å². The van der Waals surface area contributed by atoms with E-state index < -0.39 is 10.8 Å². The zero-order valence-electron chi connectivity index (χ0n) is 13.7. The van der Waals surface area contributed by atoms with E-state index in [-0.39, 0.29) is 18.0 Å². The smallest absolute Gasteiger partial charge is 0.310 e. The fraction of sp³-hybridized carbons (Fsp3) is 0.0526. The van der Waals surface area contributed by atoms with Gasteiger partial charge in [-0.25, -0.2) is 5.43 Å². The lowest BCUT2D eigenvalue weighted by molar-refractivity contribution is -0.385. The maximum atomic E-state index is 11.8. The van der Waals surface area contributed by atoms with Crippen LogP contribution in [-0.4, -0.2) is 23.7 Å². The van der Waals surface area contributed by atoms with Gasteiger partial charge >= 0.3 is 5.69 Å². The lowest BCUT2D eigenvalue weighted by Crippen LogP contribution is -2.24. The number of fused-ring (bicyclic) bond motifs is 1. The van der Waals surface area contributed by atoms with E-state index in [0.717, 1.165) is 16.3 Å². The fourth-order valence-corrected chi connectivity index (χ4v) is 2.37. The molecule has 130 valence electrons. The van der Waals surface area contributed by atoms with Crippen LogP contribution in [0.2, 0.25) is 0 Å². The molecule has 0 aromatic heterocycles. The van der Waals surface area contributed by atoms with Crippen molar-refractivity contribution < 1.29 is 14.5 Å². The van der Waals surface area contributed by atoms with E-state index in [1.54, 1.807) is 6.07 Å². The number of hydrogen-bond donors (Lipinski definition) is 1. The zero-order valence-corrected chi connectivity index (χ0v) is 13.7. The van der Waals surface area contributed by atoms with Crippen LogP contribution in [0.3, 0.4) is 0 Å². The number of benzene rings is 3. The lowest BCUT2D eigenvalue weighted by atomic mass is 10.1. The van der Waals surface area contributed by atoms with Crippen molar-refractivity contribution in [2.24, 2.45) is 5.10 Å². The van der Waals surface area contributed by atoms with Crippen molar-refractivity contribution in [3.63, 3.8) is 0 Å². The highest BCUT2D eigenvalue weighted by molar-refractivity contribution is 5.90. The molecule has 7 nitrogen and oxygen atoms in total. The number of para-hydroxylation sites is 2. The molecule has 1 N–H and O–H groups in total. The number of ether oxygens (including phenoxy) is 1. The highest BCUT2D eigenvalue weighted by Gasteiger charge is 2.14. The average molecular weight is 349 g/mol. The molecule has 0 bridgehead atoms. The first-order valence-electron chi connectivity index (χ1n) is 7.80. The number of nitrogens with zero attached hydrogens (tertiary/aromatic N) is 2. The predicted octanol–water partition coefficient (Wildman–Crippen LogP) is 3.28. The molecule has 3 aromatic rings. The summed E-state index contributed by atoms with van der Waals surface area (Å²) >= 11 is 0. The quantitative estimate of drug-likeness (QED) is 0.420. The molecule has 0 unspecified atom stereocenters. The third-order valence-corrected chi connectivity index (χ3v) is 3.60. The van der Waals surface area contributed by atoms with Crippen LogP contribution in [0.25, 0.3) is 10.8 Å². The maximum Gasteiger partial charge on any atom is 0.310 e. The van der Waals surface area contributed by atoms with Crippen LogP contribution < -0.4 is 10.2 Å². The monoisotopic (exact) mass is 349 g/mol. The Hall–Kier alpha value is -3.74. The molecule has 3 aromatic carbocycles. The van der Waals surface area contributed by atoms with Gasteiger partial charge in [0.05, 0.1) is 11.1 Å². The summed E-state index contributed by atoms with van der Waals surface area (Å²) in [4.78, 5) is 22.1. The molecule has 0 atom stereocenters. The molecule has 0 heterocycles. The zero-order chi connectivity index (χ0) is 18.4. The summed E-state index contributed by atoms with van der Waals surface area (Å²) in [6.07, 6.45) is 1.52. The third kappa shape index (κ3) is 4.21. The minimum absolute atomic E-state index is 0.0335. The second-order valence-electron chi connectivity index (χ2n) is 5.41. The maximum absolute atomic E-state index is 11.8. The average Bonchev–Trinajstić information content (AvgIpc) is 2.66. The third-order valence-electron chi connectivity index (χ3n) is 3.60. The van der Waals surface area contributed by atoms with Gasteiger partial charge in [-0.1, -0.05) is 48.5 Å².